The third-order valence-electron chi connectivity index (χ3n) is 3.87. The van der Waals surface area contributed by atoms with Gasteiger partial charge < -0.3 is 9.84 Å². The van der Waals surface area contributed by atoms with E-state index in [-0.39, 0.29) is 0 Å². The van der Waals surface area contributed by atoms with E-state index in [2.05, 4.69) is 36.2 Å². The summed E-state index contributed by atoms with van der Waals surface area (Å²) in [5, 5.41) is 7.46. The van der Waals surface area contributed by atoms with Gasteiger partial charge in [-0.15, -0.1) is 0 Å². The van der Waals surface area contributed by atoms with Crippen molar-refractivity contribution < 1.29 is 4.52 Å². The summed E-state index contributed by atoms with van der Waals surface area (Å²) in [6.07, 6.45) is 6.39. The molecule has 1 aromatic rings. The minimum absolute atomic E-state index is 0.444. The van der Waals surface area contributed by atoms with Gasteiger partial charge in [-0.05, 0) is 18.8 Å². The molecule has 1 saturated carbocycles. The van der Waals surface area contributed by atoms with Crippen LogP contribution in [0.15, 0.2) is 4.52 Å². The molecule has 2 unspecified atom stereocenters. The zero-order valence-electron chi connectivity index (χ0n) is 11.8. The summed E-state index contributed by atoms with van der Waals surface area (Å²) in [5.74, 6) is 3.01. The van der Waals surface area contributed by atoms with Gasteiger partial charge in [-0.1, -0.05) is 45.2 Å². The number of nitrogens with zero attached hydrogens (tertiary/aromatic N) is 2. The van der Waals surface area contributed by atoms with Crippen LogP contribution < -0.4 is 5.32 Å². The fraction of sp³-hybridized carbons (Fsp3) is 0.857. The van der Waals surface area contributed by atoms with E-state index in [4.69, 9.17) is 4.52 Å². The average Bonchev–Trinajstić information content (AvgIpc) is 2.85. The molecule has 0 bridgehead atoms. The second-order valence-electron chi connectivity index (χ2n) is 5.72. The molecule has 0 spiro atoms. The van der Waals surface area contributed by atoms with E-state index in [1.807, 2.05) is 0 Å². The molecular formula is C14H25N3O. The predicted octanol–water partition coefficient (Wildman–Crippen LogP) is 3.25. The van der Waals surface area contributed by atoms with Crippen LogP contribution in [0.4, 0.5) is 0 Å². The zero-order chi connectivity index (χ0) is 13.0. The van der Waals surface area contributed by atoms with E-state index in [1.165, 1.54) is 32.1 Å². The van der Waals surface area contributed by atoms with Crippen molar-refractivity contribution in [1.82, 2.24) is 15.5 Å². The van der Waals surface area contributed by atoms with Crippen molar-refractivity contribution in [2.75, 3.05) is 0 Å². The predicted molar refractivity (Wildman–Crippen MR) is 71.3 cm³/mol. The highest BCUT2D eigenvalue weighted by Crippen LogP contribution is 2.36. The molecular weight excluding hydrogens is 226 g/mol. The van der Waals surface area contributed by atoms with Crippen LogP contribution >= 0.6 is 0 Å². The van der Waals surface area contributed by atoms with Gasteiger partial charge in [0, 0.05) is 12.0 Å². The molecule has 0 amide bonds. The molecule has 1 aromatic heterocycles. The molecule has 2 atom stereocenters. The first-order chi connectivity index (χ1) is 8.69. The monoisotopic (exact) mass is 251 g/mol. The van der Waals surface area contributed by atoms with E-state index in [1.54, 1.807) is 0 Å². The van der Waals surface area contributed by atoms with Crippen LogP contribution in [0.2, 0.25) is 0 Å². The Hall–Kier alpha value is -0.900. The Morgan fingerprint density at radius 1 is 1.39 bits per heavy atom. The van der Waals surface area contributed by atoms with Gasteiger partial charge in [0.05, 0.1) is 6.54 Å². The number of hydrogen-bond donors (Lipinski definition) is 1. The van der Waals surface area contributed by atoms with E-state index in [9.17, 15) is 0 Å². The average molecular weight is 251 g/mol. The minimum Gasteiger partial charge on any atom is -0.338 e. The summed E-state index contributed by atoms with van der Waals surface area (Å²) >= 11 is 0. The van der Waals surface area contributed by atoms with Crippen molar-refractivity contribution >= 4 is 0 Å². The Kier molecular flexibility index (Phi) is 4.75. The second-order valence-corrected chi connectivity index (χ2v) is 5.72. The van der Waals surface area contributed by atoms with Crippen LogP contribution in [0.25, 0.3) is 0 Å². The first-order valence-electron chi connectivity index (χ1n) is 7.25. The standard InChI is InChI=1S/C14H25N3O/c1-4-11-6-5-7-12(8-11)14-16-13(18-17-14)9-15-10(2)3/h10-12,15H,4-9H2,1-3H3. The lowest BCUT2D eigenvalue weighted by molar-refractivity contribution is 0.297. The smallest absolute Gasteiger partial charge is 0.240 e. The van der Waals surface area contributed by atoms with Gasteiger partial charge in [-0.2, -0.15) is 4.98 Å². The highest BCUT2D eigenvalue weighted by molar-refractivity contribution is 4.98. The summed E-state index contributed by atoms with van der Waals surface area (Å²) in [6.45, 7) is 7.18. The highest BCUT2D eigenvalue weighted by atomic mass is 16.5. The van der Waals surface area contributed by atoms with Crippen molar-refractivity contribution in [1.29, 1.82) is 0 Å². The quantitative estimate of drug-likeness (QED) is 0.872. The molecule has 2 rings (SSSR count). The molecule has 0 aromatic carbocycles. The fourth-order valence-corrected chi connectivity index (χ4v) is 2.69. The number of hydrogen-bond acceptors (Lipinski definition) is 4. The van der Waals surface area contributed by atoms with Crippen LogP contribution in [-0.2, 0) is 6.54 Å². The maximum atomic E-state index is 5.31. The van der Waals surface area contributed by atoms with Crippen LogP contribution in [0.5, 0.6) is 0 Å². The van der Waals surface area contributed by atoms with Crippen molar-refractivity contribution in [3.8, 4) is 0 Å². The van der Waals surface area contributed by atoms with Crippen LogP contribution in [0.1, 0.15) is 70.5 Å². The second kappa shape index (κ2) is 6.32. The summed E-state index contributed by atoms with van der Waals surface area (Å²) < 4.78 is 5.31. The maximum absolute atomic E-state index is 5.31. The van der Waals surface area contributed by atoms with E-state index < -0.39 is 0 Å². The number of rotatable bonds is 5. The summed E-state index contributed by atoms with van der Waals surface area (Å²) in [6, 6.07) is 0.444. The lowest BCUT2D eigenvalue weighted by Crippen LogP contribution is -2.22. The highest BCUT2D eigenvalue weighted by Gasteiger charge is 2.25. The van der Waals surface area contributed by atoms with Crippen molar-refractivity contribution in [3.05, 3.63) is 11.7 Å². The molecule has 1 fully saturated rings. The maximum Gasteiger partial charge on any atom is 0.240 e. The van der Waals surface area contributed by atoms with Gasteiger partial charge in [0.25, 0.3) is 0 Å². The third kappa shape index (κ3) is 3.55. The number of aromatic nitrogens is 2. The van der Waals surface area contributed by atoms with Crippen LogP contribution in [0.3, 0.4) is 0 Å². The van der Waals surface area contributed by atoms with Crippen molar-refractivity contribution in [3.63, 3.8) is 0 Å². The molecule has 1 heterocycles. The lowest BCUT2D eigenvalue weighted by atomic mass is 9.80. The van der Waals surface area contributed by atoms with Gasteiger partial charge in [0.2, 0.25) is 5.89 Å². The van der Waals surface area contributed by atoms with Crippen LogP contribution in [-0.4, -0.2) is 16.2 Å². The largest absolute Gasteiger partial charge is 0.338 e. The van der Waals surface area contributed by atoms with Gasteiger partial charge in [-0.25, -0.2) is 0 Å². The molecule has 0 saturated heterocycles. The Labute approximate surface area is 110 Å². The van der Waals surface area contributed by atoms with Crippen molar-refractivity contribution in [2.24, 2.45) is 5.92 Å². The first kappa shape index (κ1) is 13.5. The topological polar surface area (TPSA) is 51.0 Å². The van der Waals surface area contributed by atoms with Crippen LogP contribution in [0, 0.1) is 5.92 Å². The molecule has 1 aliphatic carbocycles. The van der Waals surface area contributed by atoms with E-state index in [0.29, 0.717) is 18.5 Å². The van der Waals surface area contributed by atoms with Gasteiger partial charge in [0.1, 0.15) is 0 Å². The molecule has 0 radical (unpaired) electrons. The normalized spacial score (nSPS) is 24.7. The molecule has 18 heavy (non-hydrogen) atoms. The molecule has 0 aliphatic heterocycles. The summed E-state index contributed by atoms with van der Waals surface area (Å²) in [4.78, 5) is 4.53. The van der Waals surface area contributed by atoms with Gasteiger partial charge >= 0.3 is 0 Å². The van der Waals surface area contributed by atoms with Gasteiger partial charge in [-0.3, -0.25) is 0 Å². The SMILES string of the molecule is CCC1CCCC(c2noc(CNC(C)C)n2)C1. The van der Waals surface area contributed by atoms with Crippen molar-refractivity contribution in [2.45, 2.75) is 71.4 Å². The Morgan fingerprint density at radius 2 is 2.22 bits per heavy atom. The van der Waals surface area contributed by atoms with E-state index in [0.717, 1.165) is 17.6 Å². The number of nitrogens with one attached hydrogen (secondary N) is 1. The zero-order valence-corrected chi connectivity index (χ0v) is 11.8. The molecule has 4 nitrogen and oxygen atoms in total. The Bertz CT molecular complexity index is 362. The lowest BCUT2D eigenvalue weighted by Gasteiger charge is -2.26. The molecule has 102 valence electrons. The third-order valence-corrected chi connectivity index (χ3v) is 3.87. The first-order valence-corrected chi connectivity index (χ1v) is 7.25. The summed E-state index contributed by atoms with van der Waals surface area (Å²) in [5.41, 5.74) is 0. The van der Waals surface area contributed by atoms with Gasteiger partial charge in [0.15, 0.2) is 5.82 Å². The Morgan fingerprint density at radius 3 is 2.94 bits per heavy atom. The Balaban J connectivity index is 1.92. The molecule has 1 N–H and O–H groups in total. The minimum atomic E-state index is 0.444. The molecule has 4 heteroatoms. The molecule has 1 aliphatic rings. The van der Waals surface area contributed by atoms with E-state index >= 15 is 0 Å². The summed E-state index contributed by atoms with van der Waals surface area (Å²) in [7, 11) is 0. The fourth-order valence-electron chi connectivity index (χ4n) is 2.69.